The summed E-state index contributed by atoms with van der Waals surface area (Å²) in [5.74, 6) is 0.363. The molecule has 2 heterocycles. The molecule has 3 fully saturated rings. The minimum atomic E-state index is 0.351. The van der Waals surface area contributed by atoms with Gasteiger partial charge in [-0.1, -0.05) is 30.2 Å². The van der Waals surface area contributed by atoms with E-state index in [1.165, 1.54) is 50.8 Å². The van der Waals surface area contributed by atoms with Crippen LogP contribution in [0.3, 0.4) is 0 Å². The lowest BCUT2D eigenvalue weighted by molar-refractivity contribution is -0.127. The van der Waals surface area contributed by atoms with Gasteiger partial charge in [0.05, 0.1) is 0 Å². The van der Waals surface area contributed by atoms with Crippen LogP contribution in [0.15, 0.2) is 24.3 Å². The fourth-order valence-corrected chi connectivity index (χ4v) is 4.85. The third kappa shape index (κ3) is 3.88. The maximum absolute atomic E-state index is 11.9. The predicted molar refractivity (Wildman–Crippen MR) is 102 cm³/mol. The summed E-state index contributed by atoms with van der Waals surface area (Å²) in [6.45, 7) is 4.31. The van der Waals surface area contributed by atoms with Gasteiger partial charge in [-0.05, 0) is 62.8 Å². The highest BCUT2D eigenvalue weighted by Crippen LogP contribution is 2.49. The molecule has 136 valence electrons. The Bertz CT molecular complexity index is 611. The van der Waals surface area contributed by atoms with E-state index in [1.54, 1.807) is 0 Å². The van der Waals surface area contributed by atoms with Gasteiger partial charge in [-0.25, -0.2) is 0 Å². The number of nitrogens with zero attached hydrogens (tertiary/aromatic N) is 2. The van der Waals surface area contributed by atoms with Crippen LogP contribution in [0.4, 0.5) is 0 Å². The number of likely N-dealkylation sites (tertiary alicyclic amines) is 2. The molecule has 1 atom stereocenters. The molecular formula is C21H29ClN2O. The van der Waals surface area contributed by atoms with Crippen LogP contribution in [-0.2, 0) is 10.2 Å². The number of hydrogen-bond donors (Lipinski definition) is 0. The van der Waals surface area contributed by atoms with Gasteiger partial charge in [0.1, 0.15) is 0 Å². The van der Waals surface area contributed by atoms with E-state index in [2.05, 4.69) is 21.9 Å². The Balaban J connectivity index is 1.39. The summed E-state index contributed by atoms with van der Waals surface area (Å²) in [7, 11) is 0. The Labute approximate surface area is 156 Å². The maximum atomic E-state index is 11.9. The molecule has 0 radical (unpaired) electrons. The zero-order chi connectivity index (χ0) is 17.3. The standard InChI is InChI=1S/C21H29ClN2O/c22-18-8-6-17(7-9-18)21(11-12-21)16-24-13-2-1-4-19(24)10-15-23-14-3-5-20(23)25/h6-9,19H,1-5,10-16H2/t19-/m1/s1. The Kier molecular flexibility index (Phi) is 5.06. The highest BCUT2D eigenvalue weighted by atomic mass is 35.5. The second-order valence-corrected chi connectivity index (χ2v) is 8.62. The molecule has 0 aromatic heterocycles. The number of piperidine rings is 1. The lowest BCUT2D eigenvalue weighted by Gasteiger charge is -2.39. The first-order chi connectivity index (χ1) is 12.2. The van der Waals surface area contributed by atoms with Crippen LogP contribution in [0, 0.1) is 0 Å². The van der Waals surface area contributed by atoms with Gasteiger partial charge < -0.3 is 4.90 Å². The predicted octanol–water partition coefficient (Wildman–Crippen LogP) is 4.24. The quantitative estimate of drug-likeness (QED) is 0.757. The summed E-state index contributed by atoms with van der Waals surface area (Å²) in [5, 5.41) is 0.825. The Morgan fingerprint density at radius 1 is 1.08 bits per heavy atom. The number of amides is 1. The first kappa shape index (κ1) is 17.4. The van der Waals surface area contributed by atoms with Crippen molar-refractivity contribution in [2.75, 3.05) is 26.2 Å². The molecule has 1 aromatic rings. The van der Waals surface area contributed by atoms with Crippen molar-refractivity contribution in [1.29, 1.82) is 0 Å². The van der Waals surface area contributed by atoms with Crippen molar-refractivity contribution < 1.29 is 4.79 Å². The summed E-state index contributed by atoms with van der Waals surface area (Å²) in [4.78, 5) is 16.7. The fourth-order valence-electron chi connectivity index (χ4n) is 4.72. The number of halogens is 1. The number of carbonyl (C=O) groups excluding carboxylic acids is 1. The summed E-state index contributed by atoms with van der Waals surface area (Å²) < 4.78 is 0. The molecule has 1 saturated carbocycles. The van der Waals surface area contributed by atoms with Crippen molar-refractivity contribution in [2.24, 2.45) is 0 Å². The fraction of sp³-hybridized carbons (Fsp3) is 0.667. The zero-order valence-electron chi connectivity index (χ0n) is 15.1. The molecule has 0 bridgehead atoms. The molecule has 0 unspecified atom stereocenters. The summed E-state index contributed by atoms with van der Waals surface area (Å²) >= 11 is 6.07. The molecule has 4 rings (SSSR count). The van der Waals surface area contributed by atoms with E-state index >= 15 is 0 Å². The molecule has 3 aliphatic rings. The Morgan fingerprint density at radius 3 is 2.56 bits per heavy atom. The average Bonchev–Trinajstić information content (AvgIpc) is 3.29. The van der Waals surface area contributed by atoms with Crippen LogP contribution in [-0.4, -0.2) is 47.9 Å². The van der Waals surface area contributed by atoms with Gasteiger partial charge in [0.25, 0.3) is 0 Å². The van der Waals surface area contributed by atoms with Crippen LogP contribution in [0.5, 0.6) is 0 Å². The SMILES string of the molecule is O=C1CCCN1CC[C@H]1CCCCN1CC1(c2ccc(Cl)cc2)CC1. The van der Waals surface area contributed by atoms with Crippen LogP contribution in [0.25, 0.3) is 0 Å². The molecule has 25 heavy (non-hydrogen) atoms. The van der Waals surface area contributed by atoms with Gasteiger partial charge in [-0.3, -0.25) is 9.69 Å². The first-order valence-corrected chi connectivity index (χ1v) is 10.3. The Hall–Kier alpha value is -1.06. The molecule has 1 aliphatic carbocycles. The summed E-state index contributed by atoms with van der Waals surface area (Å²) in [6, 6.07) is 9.15. The molecule has 2 aliphatic heterocycles. The van der Waals surface area contributed by atoms with Crippen molar-refractivity contribution in [3.05, 3.63) is 34.9 Å². The van der Waals surface area contributed by atoms with Gasteiger partial charge in [0.2, 0.25) is 5.91 Å². The topological polar surface area (TPSA) is 23.6 Å². The summed E-state index contributed by atoms with van der Waals surface area (Å²) in [6.07, 6.45) is 9.48. The first-order valence-electron chi connectivity index (χ1n) is 9.94. The number of rotatable bonds is 6. The van der Waals surface area contributed by atoms with E-state index < -0.39 is 0 Å². The van der Waals surface area contributed by atoms with Crippen molar-refractivity contribution in [3.63, 3.8) is 0 Å². The van der Waals surface area contributed by atoms with Crippen molar-refractivity contribution in [2.45, 2.75) is 62.8 Å². The third-order valence-electron chi connectivity index (χ3n) is 6.47. The van der Waals surface area contributed by atoms with Gasteiger partial charge in [0, 0.05) is 42.5 Å². The van der Waals surface area contributed by atoms with E-state index in [4.69, 9.17) is 11.6 Å². The highest BCUT2D eigenvalue weighted by molar-refractivity contribution is 6.30. The van der Waals surface area contributed by atoms with Gasteiger partial charge in [-0.15, -0.1) is 0 Å². The Morgan fingerprint density at radius 2 is 1.88 bits per heavy atom. The zero-order valence-corrected chi connectivity index (χ0v) is 15.8. The molecule has 0 spiro atoms. The summed E-state index contributed by atoms with van der Waals surface area (Å²) in [5.41, 5.74) is 1.81. The van der Waals surface area contributed by atoms with Gasteiger partial charge >= 0.3 is 0 Å². The lowest BCUT2D eigenvalue weighted by atomic mass is 9.91. The monoisotopic (exact) mass is 360 g/mol. The molecule has 4 heteroatoms. The second kappa shape index (κ2) is 7.28. The molecule has 2 saturated heterocycles. The van der Waals surface area contributed by atoms with Gasteiger partial charge in [-0.2, -0.15) is 0 Å². The van der Waals surface area contributed by atoms with E-state index in [1.807, 2.05) is 12.1 Å². The van der Waals surface area contributed by atoms with Crippen molar-refractivity contribution in [1.82, 2.24) is 9.80 Å². The van der Waals surface area contributed by atoms with E-state index in [0.717, 1.165) is 37.4 Å². The average molecular weight is 361 g/mol. The van der Waals surface area contributed by atoms with Crippen LogP contribution in [0.2, 0.25) is 5.02 Å². The number of carbonyl (C=O) groups is 1. The molecular weight excluding hydrogens is 332 g/mol. The molecule has 0 N–H and O–H groups in total. The van der Waals surface area contributed by atoms with Crippen molar-refractivity contribution >= 4 is 17.5 Å². The molecule has 1 amide bonds. The smallest absolute Gasteiger partial charge is 0.222 e. The van der Waals surface area contributed by atoms with E-state index in [0.29, 0.717) is 17.4 Å². The maximum Gasteiger partial charge on any atom is 0.222 e. The van der Waals surface area contributed by atoms with Gasteiger partial charge in [0.15, 0.2) is 0 Å². The lowest BCUT2D eigenvalue weighted by Crippen LogP contribution is -2.45. The van der Waals surface area contributed by atoms with Crippen LogP contribution >= 0.6 is 11.6 Å². The largest absolute Gasteiger partial charge is 0.343 e. The minimum absolute atomic E-state index is 0.351. The molecule has 3 nitrogen and oxygen atoms in total. The number of benzene rings is 1. The normalized spacial score (nSPS) is 26.2. The van der Waals surface area contributed by atoms with Crippen molar-refractivity contribution in [3.8, 4) is 0 Å². The number of hydrogen-bond acceptors (Lipinski definition) is 2. The van der Waals surface area contributed by atoms with E-state index in [9.17, 15) is 4.79 Å². The third-order valence-corrected chi connectivity index (χ3v) is 6.72. The van der Waals surface area contributed by atoms with E-state index in [-0.39, 0.29) is 0 Å². The minimum Gasteiger partial charge on any atom is -0.343 e. The second-order valence-electron chi connectivity index (χ2n) is 8.18. The van der Waals surface area contributed by atoms with Crippen LogP contribution < -0.4 is 0 Å². The molecule has 1 aromatic carbocycles. The highest BCUT2D eigenvalue weighted by Gasteiger charge is 2.46. The van der Waals surface area contributed by atoms with Crippen LogP contribution in [0.1, 0.15) is 56.9 Å².